The molecule has 2 aromatic rings. The molecule has 2 rings (SSSR count). The van der Waals surface area contributed by atoms with Crippen LogP contribution < -0.4 is 5.32 Å². The van der Waals surface area contributed by atoms with Crippen LogP contribution in [0.1, 0.15) is 11.5 Å². The van der Waals surface area contributed by atoms with Crippen LogP contribution in [0.15, 0.2) is 24.7 Å². The molecule has 0 aromatic carbocycles. The van der Waals surface area contributed by atoms with E-state index in [4.69, 9.17) is 5.11 Å². The van der Waals surface area contributed by atoms with Crippen molar-refractivity contribution in [3.05, 3.63) is 30.2 Å². The second kappa shape index (κ2) is 4.60. The smallest absolute Gasteiger partial charge is 0.312 e. The van der Waals surface area contributed by atoms with Crippen molar-refractivity contribution in [2.45, 2.75) is 5.92 Å². The van der Waals surface area contributed by atoms with Gasteiger partial charge in [-0.15, -0.1) is 10.2 Å². The molecule has 1 amide bonds. The monoisotopic (exact) mass is 234 g/mol. The molecule has 0 radical (unpaired) electrons. The van der Waals surface area contributed by atoms with E-state index >= 15 is 0 Å². The summed E-state index contributed by atoms with van der Waals surface area (Å²) in [6.45, 7) is 0.0481. The van der Waals surface area contributed by atoms with Crippen LogP contribution in [0.5, 0.6) is 0 Å². The van der Waals surface area contributed by atoms with E-state index in [1.807, 2.05) is 0 Å². The standard InChI is InChI=1S/C10H10N4O3/c15-6-11-3-8(10(16)17)7-1-2-9-13-12-5-14(9)4-7/h1-2,4-6,8H,3H2,(H,11,15)(H,16,17). The first-order chi connectivity index (χ1) is 8.22. The first kappa shape index (κ1) is 11.1. The Bertz CT molecular complexity index is 551. The zero-order valence-corrected chi connectivity index (χ0v) is 8.78. The molecule has 0 bridgehead atoms. The number of carboxylic acids is 1. The van der Waals surface area contributed by atoms with Crippen molar-refractivity contribution in [3.63, 3.8) is 0 Å². The zero-order chi connectivity index (χ0) is 12.3. The second-order valence-electron chi connectivity index (χ2n) is 3.48. The van der Waals surface area contributed by atoms with Crippen molar-refractivity contribution in [2.24, 2.45) is 0 Å². The van der Waals surface area contributed by atoms with Crippen LogP contribution in [0.25, 0.3) is 5.65 Å². The third-order valence-corrected chi connectivity index (χ3v) is 2.42. The highest BCUT2D eigenvalue weighted by Gasteiger charge is 2.19. The Kier molecular flexibility index (Phi) is 2.99. The van der Waals surface area contributed by atoms with Crippen LogP contribution in [-0.4, -0.2) is 38.6 Å². The third kappa shape index (κ3) is 2.22. The maximum absolute atomic E-state index is 11.1. The minimum Gasteiger partial charge on any atom is -0.481 e. The summed E-state index contributed by atoms with van der Waals surface area (Å²) in [5, 5.41) is 19.0. The van der Waals surface area contributed by atoms with Gasteiger partial charge in [-0.2, -0.15) is 0 Å². The lowest BCUT2D eigenvalue weighted by atomic mass is 10.0. The summed E-state index contributed by atoms with van der Waals surface area (Å²) in [4.78, 5) is 21.3. The average Bonchev–Trinajstić information content (AvgIpc) is 2.76. The van der Waals surface area contributed by atoms with E-state index < -0.39 is 11.9 Å². The molecule has 0 spiro atoms. The van der Waals surface area contributed by atoms with Crippen molar-refractivity contribution < 1.29 is 14.7 Å². The van der Waals surface area contributed by atoms with Crippen LogP contribution in [-0.2, 0) is 9.59 Å². The van der Waals surface area contributed by atoms with E-state index in [1.54, 1.807) is 22.7 Å². The number of aromatic nitrogens is 3. The van der Waals surface area contributed by atoms with E-state index in [2.05, 4.69) is 15.5 Å². The molecule has 7 nitrogen and oxygen atoms in total. The number of aliphatic carboxylic acids is 1. The van der Waals surface area contributed by atoms with Crippen molar-refractivity contribution in [3.8, 4) is 0 Å². The molecule has 0 saturated heterocycles. The molecule has 1 atom stereocenters. The zero-order valence-electron chi connectivity index (χ0n) is 8.78. The number of nitrogens with one attached hydrogen (secondary N) is 1. The SMILES string of the molecule is O=CNCC(C(=O)O)c1ccc2nncn2c1. The van der Waals surface area contributed by atoms with Crippen molar-refractivity contribution in [2.75, 3.05) is 6.54 Å². The van der Waals surface area contributed by atoms with Gasteiger partial charge in [0.25, 0.3) is 0 Å². The number of carboxylic acid groups (broad SMARTS) is 1. The maximum atomic E-state index is 11.1. The fourth-order valence-electron chi connectivity index (χ4n) is 1.56. The van der Waals surface area contributed by atoms with E-state index in [9.17, 15) is 9.59 Å². The normalized spacial score (nSPS) is 12.2. The molecule has 88 valence electrons. The third-order valence-electron chi connectivity index (χ3n) is 2.42. The van der Waals surface area contributed by atoms with E-state index in [-0.39, 0.29) is 6.54 Å². The number of hydrogen-bond donors (Lipinski definition) is 2. The van der Waals surface area contributed by atoms with Gasteiger partial charge in [0, 0.05) is 12.7 Å². The maximum Gasteiger partial charge on any atom is 0.312 e. The highest BCUT2D eigenvalue weighted by Crippen LogP contribution is 2.15. The number of pyridine rings is 1. The van der Waals surface area contributed by atoms with E-state index in [0.29, 0.717) is 17.6 Å². The summed E-state index contributed by atoms with van der Waals surface area (Å²) in [5.41, 5.74) is 1.22. The van der Waals surface area contributed by atoms with Crippen LogP contribution in [0.3, 0.4) is 0 Å². The molecule has 0 aliphatic carbocycles. The second-order valence-corrected chi connectivity index (χ2v) is 3.48. The summed E-state index contributed by atoms with van der Waals surface area (Å²) in [7, 11) is 0. The summed E-state index contributed by atoms with van der Waals surface area (Å²) in [5.74, 6) is -1.78. The quantitative estimate of drug-likeness (QED) is 0.689. The first-order valence-electron chi connectivity index (χ1n) is 4.91. The minimum absolute atomic E-state index is 0.0481. The van der Waals surface area contributed by atoms with E-state index in [1.165, 1.54) is 6.33 Å². The highest BCUT2D eigenvalue weighted by atomic mass is 16.4. The van der Waals surface area contributed by atoms with Gasteiger partial charge in [0.05, 0.1) is 0 Å². The number of fused-ring (bicyclic) bond motifs is 1. The summed E-state index contributed by atoms with van der Waals surface area (Å²) in [6, 6.07) is 3.34. The van der Waals surface area contributed by atoms with E-state index in [0.717, 1.165) is 0 Å². The van der Waals surface area contributed by atoms with Crippen molar-refractivity contribution in [1.82, 2.24) is 19.9 Å². The van der Waals surface area contributed by atoms with Crippen LogP contribution in [0.4, 0.5) is 0 Å². The number of nitrogens with zero attached hydrogens (tertiary/aromatic N) is 3. The predicted octanol–water partition coefficient (Wildman–Crippen LogP) is -0.357. The Labute approximate surface area is 96.1 Å². The van der Waals surface area contributed by atoms with Gasteiger partial charge in [-0.1, -0.05) is 6.07 Å². The molecule has 1 unspecified atom stereocenters. The van der Waals surface area contributed by atoms with Crippen molar-refractivity contribution in [1.29, 1.82) is 0 Å². The summed E-state index contributed by atoms with van der Waals surface area (Å²) < 4.78 is 1.63. The summed E-state index contributed by atoms with van der Waals surface area (Å²) >= 11 is 0. The lowest BCUT2D eigenvalue weighted by Gasteiger charge is -2.11. The summed E-state index contributed by atoms with van der Waals surface area (Å²) in [6.07, 6.45) is 3.61. The first-order valence-corrected chi connectivity index (χ1v) is 4.91. The van der Waals surface area contributed by atoms with Gasteiger partial charge >= 0.3 is 5.97 Å². The van der Waals surface area contributed by atoms with Crippen LogP contribution in [0.2, 0.25) is 0 Å². The molecule has 2 aromatic heterocycles. The van der Waals surface area contributed by atoms with Gasteiger partial charge in [-0.05, 0) is 11.6 Å². The Balaban J connectivity index is 2.33. The molecule has 2 heterocycles. The fourth-order valence-corrected chi connectivity index (χ4v) is 1.56. The predicted molar refractivity (Wildman–Crippen MR) is 57.4 cm³/mol. The Hall–Kier alpha value is -2.44. The number of hydrogen-bond acceptors (Lipinski definition) is 4. The topological polar surface area (TPSA) is 96.6 Å². The van der Waals surface area contributed by atoms with Gasteiger partial charge in [-0.3, -0.25) is 14.0 Å². The molecule has 0 aliphatic rings. The van der Waals surface area contributed by atoms with Gasteiger partial charge in [-0.25, -0.2) is 0 Å². The molecule has 0 fully saturated rings. The van der Waals surface area contributed by atoms with Gasteiger partial charge in [0.2, 0.25) is 6.41 Å². The van der Waals surface area contributed by atoms with Crippen LogP contribution in [0, 0.1) is 0 Å². The van der Waals surface area contributed by atoms with Crippen molar-refractivity contribution >= 4 is 18.0 Å². The lowest BCUT2D eigenvalue weighted by molar-refractivity contribution is -0.138. The molecule has 2 N–H and O–H groups in total. The molecule has 17 heavy (non-hydrogen) atoms. The fraction of sp³-hybridized carbons (Fsp3) is 0.200. The average molecular weight is 234 g/mol. The Morgan fingerprint density at radius 2 is 2.41 bits per heavy atom. The molecular formula is C10H10N4O3. The molecule has 0 saturated carbocycles. The van der Waals surface area contributed by atoms with Gasteiger partial charge in [0.1, 0.15) is 12.2 Å². The largest absolute Gasteiger partial charge is 0.481 e. The molecule has 0 aliphatic heterocycles. The van der Waals surface area contributed by atoms with Crippen LogP contribution >= 0.6 is 0 Å². The molecular weight excluding hydrogens is 224 g/mol. The lowest BCUT2D eigenvalue weighted by Crippen LogP contribution is -2.26. The molecule has 7 heteroatoms. The minimum atomic E-state index is -0.994. The highest BCUT2D eigenvalue weighted by molar-refractivity contribution is 5.76. The van der Waals surface area contributed by atoms with Gasteiger partial charge < -0.3 is 10.4 Å². The van der Waals surface area contributed by atoms with Gasteiger partial charge in [0.15, 0.2) is 5.65 Å². The Morgan fingerprint density at radius 1 is 1.59 bits per heavy atom. The number of rotatable bonds is 5. The Morgan fingerprint density at radius 3 is 3.12 bits per heavy atom. The number of amides is 1. The number of carbonyl (C=O) groups excluding carboxylic acids is 1. The number of carbonyl (C=O) groups is 2.